The molecule has 0 spiro atoms. The lowest BCUT2D eigenvalue weighted by Gasteiger charge is -2.37. The molecule has 6 aromatic rings. The Bertz CT molecular complexity index is 2420. The molecule has 1 amide bonds. The summed E-state index contributed by atoms with van der Waals surface area (Å²) in [6, 6.07) is 53.9. The summed E-state index contributed by atoms with van der Waals surface area (Å²) in [6.45, 7) is 8.13. The molecule has 6 aromatic carbocycles. The molecule has 0 unspecified atom stereocenters. The van der Waals surface area contributed by atoms with Gasteiger partial charge in [0.1, 0.15) is 0 Å². The van der Waals surface area contributed by atoms with Crippen molar-refractivity contribution in [2.45, 2.75) is 43.3 Å². The summed E-state index contributed by atoms with van der Waals surface area (Å²) in [5.41, 5.74) is 8.41. The average molecular weight is 867 g/mol. The Balaban J connectivity index is 0.675. The lowest BCUT2D eigenvalue weighted by Crippen LogP contribution is -2.49. The zero-order valence-corrected chi connectivity index (χ0v) is 37.6. The van der Waals surface area contributed by atoms with Crippen molar-refractivity contribution < 1.29 is 14.4 Å². The predicted molar refractivity (Wildman–Crippen MR) is 262 cm³/mol. The number of unbranched alkanes of at least 4 members (excludes halogenated alkanes) is 5. The molecule has 0 radical (unpaired) electrons. The summed E-state index contributed by atoms with van der Waals surface area (Å²) >= 11 is 2.08. The minimum Gasteiger partial charge on any atom is -0.369 e. The molecule has 0 bridgehead atoms. The highest BCUT2D eigenvalue weighted by molar-refractivity contribution is 8.00. The Labute approximate surface area is 383 Å². The van der Waals surface area contributed by atoms with Gasteiger partial charge >= 0.3 is 0 Å². The molecule has 326 valence electrons. The molecule has 7 nitrogen and oxygen atoms in total. The summed E-state index contributed by atoms with van der Waals surface area (Å²) in [4.78, 5) is 49.2. The van der Waals surface area contributed by atoms with Crippen molar-refractivity contribution >= 4 is 40.6 Å². The van der Waals surface area contributed by atoms with Crippen molar-refractivity contribution in [2.24, 2.45) is 0 Å². The number of ketones is 2. The van der Waals surface area contributed by atoms with E-state index >= 15 is 0 Å². The fourth-order valence-corrected chi connectivity index (χ4v) is 11.4. The summed E-state index contributed by atoms with van der Waals surface area (Å²) < 4.78 is -0.227. The van der Waals surface area contributed by atoms with Crippen LogP contribution >= 0.6 is 11.8 Å². The van der Waals surface area contributed by atoms with Crippen LogP contribution in [0.25, 0.3) is 0 Å². The molecule has 8 heteroatoms. The van der Waals surface area contributed by atoms with E-state index in [0.717, 1.165) is 45.0 Å². The Morgan fingerprint density at radius 3 is 1.42 bits per heavy atom. The van der Waals surface area contributed by atoms with E-state index in [2.05, 4.69) is 142 Å². The smallest absolute Gasteiger partial charge is 0.253 e. The number of anilines is 2. The van der Waals surface area contributed by atoms with Crippen LogP contribution in [0.4, 0.5) is 11.4 Å². The Kier molecular flexibility index (Phi) is 13.7. The van der Waals surface area contributed by atoms with E-state index < -0.39 is 0 Å². The van der Waals surface area contributed by atoms with Crippen LogP contribution in [0.15, 0.2) is 158 Å². The highest BCUT2D eigenvalue weighted by atomic mass is 32.2. The largest absolute Gasteiger partial charge is 0.369 e. The molecule has 2 saturated heterocycles. The van der Waals surface area contributed by atoms with E-state index in [1.54, 1.807) is 42.5 Å². The molecule has 0 atom stereocenters. The molecule has 3 aliphatic rings. The molecule has 2 aliphatic heterocycles. The van der Waals surface area contributed by atoms with Gasteiger partial charge in [-0.1, -0.05) is 141 Å². The third-order valence-corrected chi connectivity index (χ3v) is 15.1. The summed E-state index contributed by atoms with van der Waals surface area (Å²) in [7, 11) is 0. The van der Waals surface area contributed by atoms with Crippen molar-refractivity contribution in [1.29, 1.82) is 0 Å². The van der Waals surface area contributed by atoms with Crippen LogP contribution in [0.2, 0.25) is 0 Å². The quantitative estimate of drug-likeness (QED) is 0.0708. The number of thioether (sulfide) groups is 1. The molecule has 64 heavy (non-hydrogen) atoms. The molecular weight excluding hydrogens is 809 g/mol. The van der Waals surface area contributed by atoms with E-state index in [4.69, 9.17) is 0 Å². The first kappa shape index (κ1) is 43.3. The highest BCUT2D eigenvalue weighted by Crippen LogP contribution is 2.48. The lowest BCUT2D eigenvalue weighted by molar-refractivity contribution is 0.0746. The third kappa shape index (κ3) is 9.31. The van der Waals surface area contributed by atoms with Crippen LogP contribution in [0.1, 0.15) is 97.4 Å². The van der Waals surface area contributed by atoms with Gasteiger partial charge in [0.15, 0.2) is 11.6 Å². The maximum Gasteiger partial charge on any atom is 0.253 e. The Morgan fingerprint density at radius 1 is 0.453 bits per heavy atom. The lowest BCUT2D eigenvalue weighted by atomic mass is 9.83. The fraction of sp³-hybridized carbons (Fsp3) is 0.304. The molecule has 1 aliphatic carbocycles. The van der Waals surface area contributed by atoms with Crippen LogP contribution < -0.4 is 9.80 Å². The number of piperazine rings is 2. The van der Waals surface area contributed by atoms with E-state index in [0.29, 0.717) is 40.9 Å². The van der Waals surface area contributed by atoms with Gasteiger partial charge in [-0.05, 0) is 84.3 Å². The van der Waals surface area contributed by atoms with Gasteiger partial charge in [0.25, 0.3) is 5.91 Å². The van der Waals surface area contributed by atoms with Gasteiger partial charge in [-0.2, -0.15) is 0 Å². The number of nitrogens with zero attached hydrogens (tertiary/aromatic N) is 4. The monoisotopic (exact) mass is 866 g/mol. The summed E-state index contributed by atoms with van der Waals surface area (Å²) in [5.74, 6) is 0.639. The number of carbonyl (C=O) groups excluding carboxylic acids is 3. The Hall–Kier alpha value is -5.96. The van der Waals surface area contributed by atoms with E-state index in [9.17, 15) is 14.4 Å². The van der Waals surface area contributed by atoms with Gasteiger partial charge in [0.2, 0.25) is 0 Å². The maximum atomic E-state index is 13.6. The minimum absolute atomic E-state index is 0.105. The molecule has 2 heterocycles. The molecular formula is C56H58N4O3S. The van der Waals surface area contributed by atoms with Crippen molar-refractivity contribution in [3.63, 3.8) is 0 Å². The van der Waals surface area contributed by atoms with Crippen molar-refractivity contribution in [3.8, 4) is 0 Å². The fourth-order valence-electron chi connectivity index (χ4n) is 9.83. The first-order chi connectivity index (χ1) is 31.5. The van der Waals surface area contributed by atoms with Gasteiger partial charge in [0, 0.05) is 91.6 Å². The number of hydrogen-bond donors (Lipinski definition) is 0. The topological polar surface area (TPSA) is 64.2 Å². The third-order valence-electron chi connectivity index (χ3n) is 13.4. The van der Waals surface area contributed by atoms with Crippen LogP contribution in [0, 0.1) is 0 Å². The van der Waals surface area contributed by atoms with Crippen LogP contribution in [-0.4, -0.2) is 91.9 Å². The second-order valence-electron chi connectivity index (χ2n) is 17.3. The maximum absolute atomic E-state index is 13.6. The molecule has 2 fully saturated rings. The second-order valence-corrected chi connectivity index (χ2v) is 18.6. The van der Waals surface area contributed by atoms with E-state index in [1.165, 1.54) is 73.1 Å². The number of fused-ring (bicyclic) bond motifs is 2. The van der Waals surface area contributed by atoms with Gasteiger partial charge in [-0.15, -0.1) is 11.8 Å². The minimum atomic E-state index is -0.227. The summed E-state index contributed by atoms with van der Waals surface area (Å²) in [5, 5.41) is 0. The van der Waals surface area contributed by atoms with Crippen molar-refractivity contribution in [3.05, 3.63) is 202 Å². The molecule has 9 rings (SSSR count). The van der Waals surface area contributed by atoms with Gasteiger partial charge in [0.05, 0.1) is 4.75 Å². The SMILES string of the molecule is O=C1c2ccccc2C(=O)c2cc(C(=O)N3CCN(c4ccc(N5CCN(CCCCCCCCSC(c6ccccc6)(c6ccccc6)c6ccccc6)CC5)cc4)CC3)ccc21. The number of rotatable bonds is 16. The highest BCUT2D eigenvalue weighted by Gasteiger charge is 2.37. The zero-order chi connectivity index (χ0) is 43.7. The van der Waals surface area contributed by atoms with E-state index in [-0.39, 0.29) is 22.2 Å². The second kappa shape index (κ2) is 20.3. The molecule has 0 aromatic heterocycles. The standard InChI is InChI=1S/C56H58N4O3S/c61-53-49-24-14-15-25-50(49)54(62)52-42-43(26-31-51(52)53)55(63)60-39-37-59(38-40-60)48-29-27-47(28-30-48)58-35-33-57(34-36-58)32-16-3-1-2-4-17-41-64-56(44-18-8-5-9-19-44,45-20-10-6-11-21-45)46-22-12-7-13-23-46/h5-15,18-31,42H,1-4,16-17,32-41H2. The predicted octanol–water partition coefficient (Wildman–Crippen LogP) is 10.6. The number of hydrogen-bond acceptors (Lipinski definition) is 7. The average Bonchev–Trinajstić information content (AvgIpc) is 3.37. The van der Waals surface area contributed by atoms with Gasteiger partial charge in [-0.3, -0.25) is 19.3 Å². The molecule has 0 N–H and O–H groups in total. The van der Waals surface area contributed by atoms with E-state index in [1.807, 2.05) is 4.90 Å². The number of amides is 1. The van der Waals surface area contributed by atoms with Crippen molar-refractivity contribution in [2.75, 3.05) is 74.5 Å². The Morgan fingerprint density at radius 2 is 0.891 bits per heavy atom. The zero-order valence-electron chi connectivity index (χ0n) is 36.7. The van der Waals surface area contributed by atoms with Crippen LogP contribution in [0.5, 0.6) is 0 Å². The van der Waals surface area contributed by atoms with Crippen LogP contribution in [-0.2, 0) is 4.75 Å². The number of benzene rings is 6. The molecule has 0 saturated carbocycles. The van der Waals surface area contributed by atoms with Gasteiger partial charge < -0.3 is 14.7 Å². The first-order valence-corrected chi connectivity index (χ1v) is 24.2. The number of carbonyl (C=O) groups is 3. The normalized spacial score (nSPS) is 15.5. The summed E-state index contributed by atoms with van der Waals surface area (Å²) in [6.07, 6.45) is 7.67. The van der Waals surface area contributed by atoms with Crippen LogP contribution in [0.3, 0.4) is 0 Å². The van der Waals surface area contributed by atoms with Crippen molar-refractivity contribution in [1.82, 2.24) is 9.80 Å². The van der Waals surface area contributed by atoms with Gasteiger partial charge in [-0.25, -0.2) is 0 Å². The first-order valence-electron chi connectivity index (χ1n) is 23.2.